The highest BCUT2D eigenvalue weighted by molar-refractivity contribution is 5.89. The van der Waals surface area contributed by atoms with Gasteiger partial charge in [-0.2, -0.15) is 0 Å². The number of carbonyl (C=O) groups is 2. The molecule has 148 valence electrons. The number of ether oxygens (including phenoxy) is 2. The summed E-state index contributed by atoms with van der Waals surface area (Å²) in [7, 11) is 2.81. The van der Waals surface area contributed by atoms with Crippen molar-refractivity contribution >= 4 is 12.0 Å². The van der Waals surface area contributed by atoms with Gasteiger partial charge in [0.25, 0.3) is 0 Å². The molecule has 1 aliphatic heterocycles. The van der Waals surface area contributed by atoms with E-state index in [0.717, 1.165) is 17.7 Å². The largest absolute Gasteiger partial charge is 0.497 e. The third kappa shape index (κ3) is 4.05. The fourth-order valence-electron chi connectivity index (χ4n) is 3.25. The molecule has 0 spiro atoms. The zero-order chi connectivity index (χ0) is 20.3. The Morgan fingerprint density at radius 1 is 1.21 bits per heavy atom. The van der Waals surface area contributed by atoms with Gasteiger partial charge in [-0.15, -0.1) is 0 Å². The summed E-state index contributed by atoms with van der Waals surface area (Å²) in [5.74, 6) is -2.99. The molecular formula is C20H20F2N2O4. The number of benzene rings is 2. The van der Waals surface area contributed by atoms with Gasteiger partial charge in [0.15, 0.2) is 0 Å². The zero-order valence-electron chi connectivity index (χ0n) is 15.4. The van der Waals surface area contributed by atoms with Crippen LogP contribution in [0.1, 0.15) is 17.0 Å². The molecule has 1 aliphatic rings. The first-order valence-electron chi connectivity index (χ1n) is 8.65. The second-order valence-corrected chi connectivity index (χ2v) is 6.51. The van der Waals surface area contributed by atoms with Crippen LogP contribution in [0.5, 0.6) is 5.75 Å². The molecule has 1 N–H and O–H groups in total. The third-order valence-corrected chi connectivity index (χ3v) is 4.66. The molecule has 28 heavy (non-hydrogen) atoms. The molecule has 2 aromatic carbocycles. The molecular weight excluding hydrogens is 370 g/mol. The summed E-state index contributed by atoms with van der Waals surface area (Å²) < 4.78 is 39.0. The lowest BCUT2D eigenvalue weighted by molar-refractivity contribution is -0.128. The summed E-state index contributed by atoms with van der Waals surface area (Å²) in [6.45, 7) is 0.0714. The van der Waals surface area contributed by atoms with Crippen LogP contribution in [0, 0.1) is 11.6 Å². The van der Waals surface area contributed by atoms with Gasteiger partial charge in [-0.05, 0) is 5.56 Å². The lowest BCUT2D eigenvalue weighted by atomic mass is 9.93. The number of hydrogen-bond acceptors (Lipinski definition) is 4. The van der Waals surface area contributed by atoms with E-state index in [0.29, 0.717) is 0 Å². The molecule has 0 saturated carbocycles. The van der Waals surface area contributed by atoms with Crippen LogP contribution in [-0.4, -0.2) is 43.6 Å². The van der Waals surface area contributed by atoms with Crippen molar-refractivity contribution in [3.63, 3.8) is 0 Å². The highest BCUT2D eigenvalue weighted by Gasteiger charge is 2.43. The number of hydrogen-bond donors (Lipinski definition) is 1. The van der Waals surface area contributed by atoms with E-state index in [2.05, 4.69) is 5.32 Å². The van der Waals surface area contributed by atoms with Gasteiger partial charge in [0, 0.05) is 37.2 Å². The maximum Gasteiger partial charge on any atom is 0.408 e. The van der Waals surface area contributed by atoms with Crippen LogP contribution in [0.15, 0.2) is 42.5 Å². The Labute approximate surface area is 161 Å². The van der Waals surface area contributed by atoms with Gasteiger partial charge in [0.2, 0.25) is 5.91 Å². The predicted molar refractivity (Wildman–Crippen MR) is 96.8 cm³/mol. The van der Waals surface area contributed by atoms with E-state index < -0.39 is 35.6 Å². The van der Waals surface area contributed by atoms with E-state index in [1.807, 2.05) is 6.07 Å². The standard InChI is InChI=1S/C20H20F2N2O4/c1-24-10-14(17-15(21)8-13(27-2)9-16(17)22)18(19(24)25)23-20(26)28-11-12-6-4-3-5-7-12/h3-9,14,18H,10-11H2,1-2H3,(H,23,26). The summed E-state index contributed by atoms with van der Waals surface area (Å²) in [5.41, 5.74) is 0.503. The van der Waals surface area contributed by atoms with Gasteiger partial charge in [0.1, 0.15) is 30.0 Å². The van der Waals surface area contributed by atoms with Crippen molar-refractivity contribution in [2.75, 3.05) is 20.7 Å². The Balaban J connectivity index is 1.77. The van der Waals surface area contributed by atoms with Gasteiger partial charge >= 0.3 is 6.09 Å². The van der Waals surface area contributed by atoms with Crippen molar-refractivity contribution < 1.29 is 27.8 Å². The lowest BCUT2D eigenvalue weighted by Crippen LogP contribution is -2.43. The number of alkyl carbamates (subject to hydrolysis) is 1. The Bertz CT molecular complexity index is 853. The second-order valence-electron chi connectivity index (χ2n) is 6.51. The van der Waals surface area contributed by atoms with Crippen LogP contribution >= 0.6 is 0 Å². The van der Waals surface area contributed by atoms with Crippen LogP contribution in [0.4, 0.5) is 13.6 Å². The molecule has 3 rings (SSSR count). The first kappa shape index (κ1) is 19.6. The summed E-state index contributed by atoms with van der Waals surface area (Å²) in [4.78, 5) is 25.9. The molecule has 2 unspecified atom stereocenters. The van der Waals surface area contributed by atoms with Crippen LogP contribution in [0.25, 0.3) is 0 Å². The molecule has 6 nitrogen and oxygen atoms in total. The Hall–Kier alpha value is -3.16. The van der Waals surface area contributed by atoms with E-state index in [-0.39, 0.29) is 24.5 Å². The predicted octanol–water partition coefficient (Wildman–Crippen LogP) is 2.82. The van der Waals surface area contributed by atoms with Crippen LogP contribution in [-0.2, 0) is 16.1 Å². The molecule has 1 fully saturated rings. The van der Waals surface area contributed by atoms with Crippen molar-refractivity contribution in [1.29, 1.82) is 0 Å². The Morgan fingerprint density at radius 2 is 1.86 bits per heavy atom. The number of methoxy groups -OCH3 is 1. The fraction of sp³-hybridized carbons (Fsp3) is 0.300. The molecule has 8 heteroatoms. The van der Waals surface area contributed by atoms with Gasteiger partial charge in [-0.3, -0.25) is 4.79 Å². The summed E-state index contributed by atoms with van der Waals surface area (Å²) >= 11 is 0. The first-order valence-corrected chi connectivity index (χ1v) is 8.65. The molecule has 2 atom stereocenters. The Kier molecular flexibility index (Phi) is 5.77. The average Bonchev–Trinajstić information content (AvgIpc) is 2.94. The number of likely N-dealkylation sites (tertiary alicyclic amines) is 1. The minimum atomic E-state index is -1.13. The van der Waals surface area contributed by atoms with Crippen LogP contribution in [0.3, 0.4) is 0 Å². The van der Waals surface area contributed by atoms with Crippen LogP contribution < -0.4 is 10.1 Å². The van der Waals surface area contributed by atoms with E-state index in [4.69, 9.17) is 9.47 Å². The SMILES string of the molecule is COc1cc(F)c(C2CN(C)C(=O)C2NC(=O)OCc2ccccc2)c(F)c1. The van der Waals surface area contributed by atoms with E-state index in [1.165, 1.54) is 19.1 Å². The number of rotatable bonds is 5. The van der Waals surface area contributed by atoms with Crippen molar-refractivity contribution in [2.45, 2.75) is 18.6 Å². The Morgan fingerprint density at radius 3 is 2.46 bits per heavy atom. The molecule has 0 bridgehead atoms. The highest BCUT2D eigenvalue weighted by Crippen LogP contribution is 2.33. The van der Waals surface area contributed by atoms with Crippen molar-refractivity contribution in [2.24, 2.45) is 0 Å². The molecule has 1 saturated heterocycles. The van der Waals surface area contributed by atoms with Crippen molar-refractivity contribution in [1.82, 2.24) is 10.2 Å². The van der Waals surface area contributed by atoms with Crippen LogP contribution in [0.2, 0.25) is 0 Å². The minimum Gasteiger partial charge on any atom is -0.497 e. The quantitative estimate of drug-likeness (QED) is 0.853. The number of carbonyl (C=O) groups excluding carboxylic acids is 2. The van der Waals surface area contributed by atoms with Gasteiger partial charge < -0.3 is 19.7 Å². The number of amides is 2. The normalized spacial score (nSPS) is 18.9. The van der Waals surface area contributed by atoms with Gasteiger partial charge in [0.05, 0.1) is 7.11 Å². The lowest BCUT2D eigenvalue weighted by Gasteiger charge is -2.20. The van der Waals surface area contributed by atoms with Crippen molar-refractivity contribution in [3.05, 3.63) is 65.2 Å². The smallest absolute Gasteiger partial charge is 0.408 e. The summed E-state index contributed by atoms with van der Waals surface area (Å²) in [6, 6.07) is 9.97. The number of halogens is 2. The van der Waals surface area contributed by atoms with E-state index in [1.54, 1.807) is 24.3 Å². The number of nitrogens with one attached hydrogen (secondary N) is 1. The molecule has 0 radical (unpaired) electrons. The molecule has 0 aromatic heterocycles. The third-order valence-electron chi connectivity index (χ3n) is 4.66. The average molecular weight is 390 g/mol. The number of nitrogens with zero attached hydrogens (tertiary/aromatic N) is 1. The summed E-state index contributed by atoms with van der Waals surface area (Å²) in [6.07, 6.45) is -0.836. The fourth-order valence-corrected chi connectivity index (χ4v) is 3.25. The van der Waals surface area contributed by atoms with Gasteiger partial charge in [-0.1, -0.05) is 30.3 Å². The minimum absolute atomic E-state index is 0.0132. The zero-order valence-corrected chi connectivity index (χ0v) is 15.4. The first-order chi connectivity index (χ1) is 13.4. The second kappa shape index (κ2) is 8.24. The maximum atomic E-state index is 14.5. The monoisotopic (exact) mass is 390 g/mol. The molecule has 2 aromatic rings. The highest BCUT2D eigenvalue weighted by atomic mass is 19.1. The van der Waals surface area contributed by atoms with Gasteiger partial charge in [-0.25, -0.2) is 13.6 Å². The summed E-state index contributed by atoms with van der Waals surface area (Å²) in [5, 5.41) is 2.44. The van der Waals surface area contributed by atoms with E-state index in [9.17, 15) is 18.4 Å². The number of likely N-dealkylation sites (N-methyl/N-ethyl adjacent to an activating group) is 1. The van der Waals surface area contributed by atoms with E-state index >= 15 is 0 Å². The molecule has 2 amide bonds. The molecule has 0 aliphatic carbocycles. The topological polar surface area (TPSA) is 67.9 Å². The maximum absolute atomic E-state index is 14.5. The van der Waals surface area contributed by atoms with Crippen molar-refractivity contribution in [3.8, 4) is 5.75 Å². The molecule has 1 heterocycles.